The Kier molecular flexibility index (Phi) is 25.9. The Morgan fingerprint density at radius 2 is 1.33 bits per heavy atom. The molecule has 4 N–H and O–H groups in total. The van der Waals surface area contributed by atoms with Crippen LogP contribution >= 0.6 is 0 Å². The molecule has 0 amide bonds. The van der Waals surface area contributed by atoms with Crippen LogP contribution < -0.4 is 0 Å². The van der Waals surface area contributed by atoms with E-state index in [-0.39, 0.29) is 35.0 Å². The van der Waals surface area contributed by atoms with Crippen molar-refractivity contribution in [1.82, 2.24) is 0 Å². The molecule has 0 rings (SSSR count). The van der Waals surface area contributed by atoms with E-state index >= 15 is 0 Å². The fourth-order valence-corrected chi connectivity index (χ4v) is 0.0680. The molecule has 6 nitrogen and oxygen atoms in total. The Morgan fingerprint density at radius 3 is 1.33 bits per heavy atom. The first-order valence-corrected chi connectivity index (χ1v) is 3.38. The summed E-state index contributed by atoms with van der Waals surface area (Å²) in [6, 6.07) is 0. The summed E-state index contributed by atoms with van der Waals surface area (Å²) >= 11 is 0. The molecule has 0 spiro atoms. The molecule has 0 aromatic rings. The van der Waals surface area contributed by atoms with Crippen LogP contribution in [0.5, 0.6) is 0 Å². The van der Waals surface area contributed by atoms with E-state index in [9.17, 15) is 0 Å². The van der Waals surface area contributed by atoms with Crippen LogP contribution in [-0.4, -0.2) is 52.6 Å². The van der Waals surface area contributed by atoms with Crippen LogP contribution in [-0.2, 0) is 15.1 Å². The molecule has 0 aliphatic rings. The minimum absolute atomic E-state index is 0. The van der Waals surface area contributed by atoms with Gasteiger partial charge in [-0.2, -0.15) is 8.42 Å². The summed E-state index contributed by atoms with van der Waals surface area (Å²) in [4.78, 5) is 0. The summed E-state index contributed by atoms with van der Waals surface area (Å²) in [5, 5.41) is 0. The van der Waals surface area contributed by atoms with Gasteiger partial charge in [-0.25, -0.2) is 0 Å². The van der Waals surface area contributed by atoms with Gasteiger partial charge in [0.1, 0.15) is 0 Å². The minimum atomic E-state index is -4.67. The third-order valence-electron chi connectivity index (χ3n) is 0.192. The first-order valence-electron chi connectivity index (χ1n) is 1.99. The predicted molar refractivity (Wildman–Crippen MR) is 46.4 cm³/mol. The number of rotatable bonds is 2. The van der Waals surface area contributed by atoms with E-state index in [1.165, 1.54) is 12.5 Å². The molecule has 0 unspecified atom stereocenters. The fourth-order valence-electron chi connectivity index (χ4n) is 0.0680. The Labute approximate surface area is 93.1 Å². The van der Waals surface area contributed by atoms with E-state index in [0.717, 1.165) is 0 Å². The quantitative estimate of drug-likeness (QED) is 0.350. The van der Waals surface area contributed by atoms with Crippen molar-refractivity contribution < 1.29 is 27.7 Å². The Hall–Kier alpha value is 0.110. The number of hydrogen-bond donors (Lipinski definition) is 2. The molecule has 0 bridgehead atoms. The van der Waals surface area contributed by atoms with Crippen LogP contribution in [0.4, 0.5) is 0 Å². The molecule has 0 atom stereocenters. The fraction of sp³-hybridized carbons (Fsp3) is 0. The summed E-state index contributed by atoms with van der Waals surface area (Å²) in [7, 11) is -4.67. The Bertz CT molecular complexity index is 172. The first kappa shape index (κ1) is 22.7. The van der Waals surface area contributed by atoms with Gasteiger partial charge in [-0.05, 0) is 0 Å². The van der Waals surface area contributed by atoms with Crippen molar-refractivity contribution in [2.24, 2.45) is 0 Å². The maximum absolute atomic E-state index is 8.74. The third kappa shape index (κ3) is 188. The normalized spacial score (nSPS) is 7.17. The van der Waals surface area contributed by atoms with Gasteiger partial charge in [0.15, 0.2) is 0 Å². The molecule has 0 aliphatic heterocycles. The van der Waals surface area contributed by atoms with E-state index < -0.39 is 10.4 Å². The van der Waals surface area contributed by atoms with Crippen molar-refractivity contribution in [1.29, 1.82) is 0 Å². The number of hydrogen-bond acceptors (Lipinski definition) is 3. The van der Waals surface area contributed by atoms with Gasteiger partial charge >= 0.3 is 40.0 Å². The van der Waals surface area contributed by atoms with Gasteiger partial charge in [0.2, 0.25) is 0 Å². The van der Waals surface area contributed by atoms with Gasteiger partial charge in [0.05, 0.1) is 12.5 Å². The van der Waals surface area contributed by atoms with Gasteiger partial charge in [-0.1, -0.05) is 13.2 Å². The standard InChI is InChI=1S/C4H6O.Na.H2O4S.H2O.H/c1-3-5-4-2;;1-5(2,3)4;;/h3-4H,1-2H2;;(H2,1,2,3,4);1H2;. The van der Waals surface area contributed by atoms with Crippen molar-refractivity contribution in [3.63, 3.8) is 0 Å². The third-order valence-corrected chi connectivity index (χ3v) is 0.192. The second-order valence-corrected chi connectivity index (χ2v) is 1.81. The molecule has 12 heavy (non-hydrogen) atoms. The van der Waals surface area contributed by atoms with E-state index in [1.54, 1.807) is 0 Å². The molecule has 0 aromatic heterocycles. The molecule has 0 fully saturated rings. The molecule has 0 heterocycles. The molecule has 0 radical (unpaired) electrons. The predicted octanol–water partition coefficient (Wildman–Crippen LogP) is -0.836. The van der Waals surface area contributed by atoms with E-state index in [0.29, 0.717) is 0 Å². The van der Waals surface area contributed by atoms with E-state index in [4.69, 9.17) is 17.5 Å². The number of ether oxygens (including phenoxy) is 1. The van der Waals surface area contributed by atoms with E-state index in [1.807, 2.05) is 0 Å². The maximum atomic E-state index is 8.74. The summed E-state index contributed by atoms with van der Waals surface area (Å²) in [5.74, 6) is 0. The van der Waals surface area contributed by atoms with E-state index in [2.05, 4.69) is 17.9 Å². The first-order chi connectivity index (χ1) is 4.41. The van der Waals surface area contributed by atoms with Gasteiger partial charge in [-0.3, -0.25) is 9.11 Å². The monoisotopic (exact) mass is 210 g/mol. The molecule has 0 saturated heterocycles. The van der Waals surface area contributed by atoms with Crippen molar-refractivity contribution in [2.45, 2.75) is 0 Å². The summed E-state index contributed by atoms with van der Waals surface area (Å²) in [5.41, 5.74) is 0. The summed E-state index contributed by atoms with van der Waals surface area (Å²) in [6.07, 6.45) is 2.62. The van der Waals surface area contributed by atoms with Gasteiger partial charge in [-0.15, -0.1) is 0 Å². The Morgan fingerprint density at radius 1 is 1.17 bits per heavy atom. The zero-order valence-corrected chi connectivity index (χ0v) is 6.41. The molecule has 0 aromatic carbocycles. The van der Waals surface area contributed by atoms with Crippen molar-refractivity contribution in [2.75, 3.05) is 0 Å². The molecule has 8 heteroatoms. The van der Waals surface area contributed by atoms with Gasteiger partial charge < -0.3 is 10.2 Å². The van der Waals surface area contributed by atoms with Crippen LogP contribution in [0.15, 0.2) is 25.7 Å². The second-order valence-electron chi connectivity index (χ2n) is 0.917. The van der Waals surface area contributed by atoms with Crippen LogP contribution in [0.2, 0.25) is 0 Å². The van der Waals surface area contributed by atoms with Crippen molar-refractivity contribution >= 4 is 40.0 Å². The average Bonchev–Trinajstić information content (AvgIpc) is 1.63. The van der Waals surface area contributed by atoms with Crippen LogP contribution in [0, 0.1) is 0 Å². The summed E-state index contributed by atoms with van der Waals surface area (Å²) < 4.78 is 35.9. The molecule has 0 aliphatic carbocycles. The second kappa shape index (κ2) is 13.7. The summed E-state index contributed by atoms with van der Waals surface area (Å²) in [6.45, 7) is 6.51. The molecule has 70 valence electrons. The van der Waals surface area contributed by atoms with Crippen LogP contribution in [0.1, 0.15) is 0 Å². The SMILES string of the molecule is C=COC=C.O.O=S(=O)(O)O.[NaH]. The molecular weight excluding hydrogens is 199 g/mol. The topological polar surface area (TPSA) is 115 Å². The van der Waals surface area contributed by atoms with Crippen molar-refractivity contribution in [3.05, 3.63) is 25.7 Å². The zero-order chi connectivity index (χ0) is 8.62. The molecule has 0 saturated carbocycles. The van der Waals surface area contributed by atoms with Gasteiger partial charge in [0.25, 0.3) is 0 Å². The molecular formula is C4H11NaO6S. The van der Waals surface area contributed by atoms with Crippen molar-refractivity contribution in [3.8, 4) is 0 Å². The van der Waals surface area contributed by atoms with Gasteiger partial charge in [0, 0.05) is 0 Å². The average molecular weight is 210 g/mol. The Balaban J connectivity index is -0.0000000457. The zero-order valence-electron chi connectivity index (χ0n) is 5.60. The van der Waals surface area contributed by atoms with Crippen LogP contribution in [0.25, 0.3) is 0 Å². The van der Waals surface area contributed by atoms with Crippen LogP contribution in [0.3, 0.4) is 0 Å².